The van der Waals surface area contributed by atoms with Gasteiger partial charge in [0.1, 0.15) is 0 Å². The maximum Gasteiger partial charge on any atom is 0.307 e. The zero-order valence-corrected chi connectivity index (χ0v) is 13.7. The smallest absolute Gasteiger partial charge is 0.307 e. The average molecular weight is 313 g/mol. The fourth-order valence-electron chi connectivity index (χ4n) is 4.06. The second-order valence-electron chi connectivity index (χ2n) is 6.68. The van der Waals surface area contributed by atoms with Crippen LogP contribution in [0.5, 0.6) is 0 Å². The first-order valence-electron chi connectivity index (χ1n) is 8.30. The fraction of sp³-hybridized carbons (Fsp3) is 0.474. The van der Waals surface area contributed by atoms with E-state index in [-0.39, 0.29) is 24.3 Å². The van der Waals surface area contributed by atoms with Crippen LogP contribution in [-0.4, -0.2) is 27.9 Å². The Labute approximate surface area is 136 Å². The number of carbonyl (C=O) groups is 2. The Morgan fingerprint density at radius 3 is 2.43 bits per heavy atom. The molecule has 4 nitrogen and oxygen atoms in total. The van der Waals surface area contributed by atoms with E-state index < -0.39 is 5.97 Å². The van der Waals surface area contributed by atoms with Gasteiger partial charge in [-0.3, -0.25) is 9.59 Å². The molecule has 0 aromatic heterocycles. The minimum absolute atomic E-state index is 0.000196. The molecule has 1 fully saturated rings. The Bertz CT molecular complexity index is 660. The monoisotopic (exact) mass is 313 g/mol. The van der Waals surface area contributed by atoms with E-state index in [1.165, 1.54) is 0 Å². The SMILES string of the molecule is CC1=C(CC(=O)O)C2CCCCC2N1C(=O)c1ccc(C)cc1. The summed E-state index contributed by atoms with van der Waals surface area (Å²) in [6.07, 6.45) is 4.21. The van der Waals surface area contributed by atoms with Crippen molar-refractivity contribution in [3.05, 3.63) is 46.7 Å². The molecule has 122 valence electrons. The quantitative estimate of drug-likeness (QED) is 0.924. The van der Waals surface area contributed by atoms with Gasteiger partial charge in [0.25, 0.3) is 5.91 Å². The number of hydrogen-bond donors (Lipinski definition) is 1. The molecule has 1 saturated carbocycles. The topological polar surface area (TPSA) is 57.6 Å². The van der Waals surface area contributed by atoms with Crippen molar-refractivity contribution in [3.8, 4) is 0 Å². The molecule has 0 bridgehead atoms. The summed E-state index contributed by atoms with van der Waals surface area (Å²) in [5.74, 6) is -0.595. The van der Waals surface area contributed by atoms with Gasteiger partial charge in [0.15, 0.2) is 0 Å². The minimum Gasteiger partial charge on any atom is -0.481 e. The fourth-order valence-corrected chi connectivity index (χ4v) is 4.06. The van der Waals surface area contributed by atoms with Crippen LogP contribution in [0.1, 0.15) is 54.9 Å². The van der Waals surface area contributed by atoms with E-state index in [4.69, 9.17) is 0 Å². The summed E-state index contributed by atoms with van der Waals surface area (Å²) in [6.45, 7) is 3.90. The molecule has 1 aliphatic carbocycles. The van der Waals surface area contributed by atoms with Gasteiger partial charge in [0, 0.05) is 23.2 Å². The summed E-state index contributed by atoms with van der Waals surface area (Å²) in [5, 5.41) is 9.22. The van der Waals surface area contributed by atoms with Gasteiger partial charge in [-0.2, -0.15) is 0 Å². The van der Waals surface area contributed by atoms with Crippen LogP contribution in [0.15, 0.2) is 35.5 Å². The lowest BCUT2D eigenvalue weighted by Crippen LogP contribution is -2.40. The zero-order valence-electron chi connectivity index (χ0n) is 13.7. The first-order valence-corrected chi connectivity index (χ1v) is 8.30. The number of aliphatic carboxylic acids is 1. The molecule has 1 aliphatic heterocycles. The maximum atomic E-state index is 13.0. The first-order chi connectivity index (χ1) is 11.0. The van der Waals surface area contributed by atoms with E-state index >= 15 is 0 Å². The standard InChI is InChI=1S/C19H23NO3/c1-12-7-9-14(10-8-12)19(23)20-13(2)16(11-18(21)22)15-5-3-4-6-17(15)20/h7-10,15,17H,3-6,11H2,1-2H3,(H,21,22). The van der Waals surface area contributed by atoms with Crippen LogP contribution >= 0.6 is 0 Å². The van der Waals surface area contributed by atoms with Crippen LogP contribution in [0, 0.1) is 12.8 Å². The summed E-state index contributed by atoms with van der Waals surface area (Å²) in [5.41, 5.74) is 3.60. The number of fused-ring (bicyclic) bond motifs is 1. The second-order valence-corrected chi connectivity index (χ2v) is 6.68. The molecule has 1 aromatic rings. The van der Waals surface area contributed by atoms with Crippen molar-refractivity contribution in [2.24, 2.45) is 5.92 Å². The third kappa shape index (κ3) is 2.90. The number of allylic oxidation sites excluding steroid dienone is 1. The van der Waals surface area contributed by atoms with Crippen LogP contribution in [-0.2, 0) is 4.79 Å². The predicted octanol–water partition coefficient (Wildman–Crippen LogP) is 3.76. The van der Waals surface area contributed by atoms with E-state index in [0.29, 0.717) is 5.56 Å². The van der Waals surface area contributed by atoms with Crippen LogP contribution in [0.2, 0.25) is 0 Å². The molecule has 1 amide bonds. The highest BCUT2D eigenvalue weighted by atomic mass is 16.4. The van der Waals surface area contributed by atoms with Crippen LogP contribution in [0.4, 0.5) is 0 Å². The van der Waals surface area contributed by atoms with Crippen molar-refractivity contribution in [2.75, 3.05) is 0 Å². The largest absolute Gasteiger partial charge is 0.481 e. The Kier molecular flexibility index (Phi) is 4.24. The second kappa shape index (κ2) is 6.19. The summed E-state index contributed by atoms with van der Waals surface area (Å²) in [4.78, 5) is 26.1. The number of carboxylic acid groups (broad SMARTS) is 1. The molecule has 2 atom stereocenters. The summed E-state index contributed by atoms with van der Waals surface area (Å²) >= 11 is 0. The molecular formula is C19H23NO3. The molecule has 0 radical (unpaired) electrons. The molecule has 23 heavy (non-hydrogen) atoms. The molecule has 3 rings (SSSR count). The number of rotatable bonds is 3. The van der Waals surface area contributed by atoms with E-state index in [1.807, 2.05) is 43.0 Å². The van der Waals surface area contributed by atoms with Crippen LogP contribution in [0.25, 0.3) is 0 Å². The van der Waals surface area contributed by atoms with E-state index in [2.05, 4.69) is 0 Å². The third-order valence-corrected chi connectivity index (χ3v) is 5.19. The van der Waals surface area contributed by atoms with Gasteiger partial charge in [0.2, 0.25) is 0 Å². The first kappa shape index (κ1) is 15.8. The Balaban J connectivity index is 1.95. The summed E-state index contributed by atoms with van der Waals surface area (Å²) in [6, 6.07) is 7.74. The molecule has 1 heterocycles. The molecular weight excluding hydrogens is 290 g/mol. The zero-order chi connectivity index (χ0) is 16.6. The number of nitrogens with zero attached hydrogens (tertiary/aromatic N) is 1. The highest BCUT2D eigenvalue weighted by Crippen LogP contribution is 2.44. The van der Waals surface area contributed by atoms with Gasteiger partial charge in [-0.25, -0.2) is 0 Å². The molecule has 2 unspecified atom stereocenters. The molecule has 2 aliphatic rings. The number of benzene rings is 1. The predicted molar refractivity (Wildman–Crippen MR) is 88.0 cm³/mol. The third-order valence-electron chi connectivity index (χ3n) is 5.19. The number of aryl methyl sites for hydroxylation is 1. The van der Waals surface area contributed by atoms with Crippen molar-refractivity contribution in [3.63, 3.8) is 0 Å². The van der Waals surface area contributed by atoms with Crippen molar-refractivity contribution in [1.82, 2.24) is 4.90 Å². The Morgan fingerprint density at radius 1 is 1.13 bits per heavy atom. The van der Waals surface area contributed by atoms with E-state index in [0.717, 1.165) is 42.5 Å². The maximum absolute atomic E-state index is 13.0. The summed E-state index contributed by atoms with van der Waals surface area (Å²) < 4.78 is 0. The van der Waals surface area contributed by atoms with Gasteiger partial charge < -0.3 is 10.0 Å². The molecule has 1 N–H and O–H groups in total. The summed E-state index contributed by atoms with van der Waals surface area (Å²) in [7, 11) is 0. The molecule has 0 saturated heterocycles. The van der Waals surface area contributed by atoms with Gasteiger partial charge in [-0.05, 0) is 44.4 Å². The van der Waals surface area contributed by atoms with Crippen LogP contribution < -0.4 is 0 Å². The van der Waals surface area contributed by atoms with Gasteiger partial charge in [0.05, 0.1) is 6.42 Å². The Morgan fingerprint density at radius 2 is 1.78 bits per heavy atom. The van der Waals surface area contributed by atoms with E-state index in [1.54, 1.807) is 0 Å². The Hall–Kier alpha value is -2.10. The lowest BCUT2D eigenvalue weighted by molar-refractivity contribution is -0.136. The van der Waals surface area contributed by atoms with E-state index in [9.17, 15) is 14.7 Å². The van der Waals surface area contributed by atoms with Crippen molar-refractivity contribution < 1.29 is 14.7 Å². The lowest BCUT2D eigenvalue weighted by Gasteiger charge is -2.33. The highest BCUT2D eigenvalue weighted by molar-refractivity contribution is 5.96. The molecule has 0 spiro atoms. The van der Waals surface area contributed by atoms with Gasteiger partial charge >= 0.3 is 5.97 Å². The van der Waals surface area contributed by atoms with Crippen molar-refractivity contribution in [1.29, 1.82) is 0 Å². The lowest BCUT2D eigenvalue weighted by atomic mass is 9.80. The minimum atomic E-state index is -0.812. The van der Waals surface area contributed by atoms with Crippen LogP contribution in [0.3, 0.4) is 0 Å². The van der Waals surface area contributed by atoms with Crippen molar-refractivity contribution in [2.45, 2.75) is 52.0 Å². The molecule has 4 heteroatoms. The number of hydrogen-bond acceptors (Lipinski definition) is 2. The number of carboxylic acids is 1. The average Bonchev–Trinajstić information content (AvgIpc) is 2.80. The number of carbonyl (C=O) groups excluding carboxylic acids is 1. The normalized spacial score (nSPS) is 23.8. The number of amides is 1. The van der Waals surface area contributed by atoms with Crippen molar-refractivity contribution >= 4 is 11.9 Å². The van der Waals surface area contributed by atoms with Gasteiger partial charge in [-0.1, -0.05) is 30.5 Å². The highest BCUT2D eigenvalue weighted by Gasteiger charge is 2.43. The molecule has 1 aromatic carbocycles. The van der Waals surface area contributed by atoms with Gasteiger partial charge in [-0.15, -0.1) is 0 Å².